The Kier molecular flexibility index (Phi) is 2.24. The molecule has 1 saturated carbocycles. The minimum Gasteiger partial charge on any atom is -0.477 e. The highest BCUT2D eigenvalue weighted by atomic mass is 16.4. The Morgan fingerprint density at radius 2 is 1.94 bits per heavy atom. The average molecular weight is 244 g/mol. The topological polar surface area (TPSA) is 86.2 Å². The fourth-order valence-corrected chi connectivity index (χ4v) is 1.94. The normalized spacial score (nSPS) is 16.5. The molecule has 2 aromatic rings. The predicted octanol–water partition coefficient (Wildman–Crippen LogP) is 1.76. The number of carbonyl (C=O) groups is 1. The molecule has 0 atom stereocenters. The van der Waals surface area contributed by atoms with E-state index in [0.29, 0.717) is 5.69 Å². The van der Waals surface area contributed by atoms with Crippen LogP contribution in [0.1, 0.15) is 28.9 Å². The number of benzene rings is 1. The molecule has 0 saturated heterocycles. The lowest BCUT2D eigenvalue weighted by Crippen LogP contribution is -2.03. The number of rotatable bonds is 3. The zero-order valence-corrected chi connectivity index (χ0v) is 9.55. The maximum absolute atomic E-state index is 10.7. The first-order valence-corrected chi connectivity index (χ1v) is 5.70. The minimum absolute atomic E-state index is 0.0647. The second kappa shape index (κ2) is 3.68. The van der Waals surface area contributed by atoms with E-state index < -0.39 is 11.6 Å². The van der Waals surface area contributed by atoms with E-state index in [9.17, 15) is 9.90 Å². The van der Waals surface area contributed by atoms with Gasteiger partial charge in [0.25, 0.3) is 0 Å². The summed E-state index contributed by atoms with van der Waals surface area (Å²) in [6.07, 6.45) is 1.61. The van der Waals surface area contributed by atoms with Crippen LogP contribution in [0.2, 0.25) is 0 Å². The molecular weight excluding hydrogens is 232 g/mol. The van der Waals surface area contributed by atoms with E-state index in [1.807, 2.05) is 24.3 Å². The monoisotopic (exact) mass is 244 g/mol. The Labute approximate surface area is 103 Å². The van der Waals surface area contributed by atoms with E-state index in [4.69, 9.17) is 5.11 Å². The number of aromatic amines is 1. The van der Waals surface area contributed by atoms with Crippen molar-refractivity contribution in [3.63, 3.8) is 0 Å². The number of hydrogen-bond donors (Lipinski definition) is 3. The maximum atomic E-state index is 10.7. The summed E-state index contributed by atoms with van der Waals surface area (Å²) in [5.74, 6) is -1.03. The van der Waals surface area contributed by atoms with Crippen molar-refractivity contribution in [2.45, 2.75) is 18.4 Å². The van der Waals surface area contributed by atoms with Crippen LogP contribution in [0.5, 0.6) is 0 Å². The first-order chi connectivity index (χ1) is 8.58. The van der Waals surface area contributed by atoms with E-state index in [1.165, 1.54) is 6.07 Å². The smallest absolute Gasteiger partial charge is 0.353 e. The fraction of sp³-hybridized carbons (Fsp3) is 0.231. The molecule has 0 radical (unpaired) electrons. The molecule has 5 heteroatoms. The van der Waals surface area contributed by atoms with Gasteiger partial charge in [0.2, 0.25) is 0 Å². The molecule has 0 aliphatic heterocycles. The molecule has 1 aromatic heterocycles. The molecule has 1 aliphatic rings. The van der Waals surface area contributed by atoms with Gasteiger partial charge < -0.3 is 10.2 Å². The van der Waals surface area contributed by atoms with Crippen LogP contribution in [0.25, 0.3) is 11.3 Å². The van der Waals surface area contributed by atoms with Gasteiger partial charge in [0.15, 0.2) is 0 Å². The summed E-state index contributed by atoms with van der Waals surface area (Å²) in [4.78, 5) is 10.7. The number of nitrogens with zero attached hydrogens (tertiary/aromatic N) is 1. The summed E-state index contributed by atoms with van der Waals surface area (Å²) in [6.45, 7) is 0. The Morgan fingerprint density at radius 1 is 1.28 bits per heavy atom. The molecule has 5 nitrogen and oxygen atoms in total. The number of hydrogen-bond acceptors (Lipinski definition) is 3. The Bertz CT molecular complexity index is 597. The molecule has 0 spiro atoms. The third kappa shape index (κ3) is 1.78. The molecule has 92 valence electrons. The van der Waals surface area contributed by atoms with Crippen molar-refractivity contribution in [3.8, 4) is 11.3 Å². The van der Waals surface area contributed by atoms with Crippen LogP contribution >= 0.6 is 0 Å². The van der Waals surface area contributed by atoms with Crippen molar-refractivity contribution in [1.82, 2.24) is 10.2 Å². The number of carboxylic acid groups (broad SMARTS) is 1. The van der Waals surface area contributed by atoms with Gasteiger partial charge in [-0.15, -0.1) is 0 Å². The third-order valence-corrected chi connectivity index (χ3v) is 3.25. The first kappa shape index (κ1) is 11.0. The summed E-state index contributed by atoms with van der Waals surface area (Å²) < 4.78 is 0. The van der Waals surface area contributed by atoms with Gasteiger partial charge in [0.05, 0.1) is 11.3 Å². The molecule has 3 N–H and O–H groups in total. The Morgan fingerprint density at radius 3 is 2.44 bits per heavy atom. The van der Waals surface area contributed by atoms with Gasteiger partial charge in [-0.25, -0.2) is 4.79 Å². The fourth-order valence-electron chi connectivity index (χ4n) is 1.94. The maximum Gasteiger partial charge on any atom is 0.353 e. The summed E-state index contributed by atoms with van der Waals surface area (Å²) in [5.41, 5.74) is 1.74. The second-order valence-corrected chi connectivity index (χ2v) is 4.58. The quantitative estimate of drug-likeness (QED) is 0.767. The van der Waals surface area contributed by atoms with Crippen LogP contribution in [-0.4, -0.2) is 26.4 Å². The number of H-pyrrole nitrogens is 1. The summed E-state index contributed by atoms with van der Waals surface area (Å²) in [6, 6.07) is 8.89. The van der Waals surface area contributed by atoms with Crippen LogP contribution in [0.4, 0.5) is 0 Å². The van der Waals surface area contributed by atoms with Crippen LogP contribution in [0, 0.1) is 0 Å². The summed E-state index contributed by atoms with van der Waals surface area (Å²) in [5, 5.41) is 25.1. The van der Waals surface area contributed by atoms with Gasteiger partial charge in [0.1, 0.15) is 5.69 Å². The van der Waals surface area contributed by atoms with Crippen molar-refractivity contribution in [2.24, 2.45) is 0 Å². The van der Waals surface area contributed by atoms with Crippen molar-refractivity contribution in [3.05, 3.63) is 41.6 Å². The van der Waals surface area contributed by atoms with Crippen molar-refractivity contribution in [1.29, 1.82) is 0 Å². The highest BCUT2D eigenvalue weighted by Crippen LogP contribution is 2.45. The van der Waals surface area contributed by atoms with Crippen LogP contribution in [0.3, 0.4) is 0 Å². The molecular formula is C13H12N2O3. The molecule has 1 fully saturated rings. The van der Waals surface area contributed by atoms with E-state index >= 15 is 0 Å². The van der Waals surface area contributed by atoms with Crippen LogP contribution in [-0.2, 0) is 5.60 Å². The van der Waals surface area contributed by atoms with Crippen molar-refractivity contribution < 1.29 is 15.0 Å². The predicted molar refractivity (Wildman–Crippen MR) is 64.1 cm³/mol. The van der Waals surface area contributed by atoms with Crippen LogP contribution < -0.4 is 0 Å². The lowest BCUT2D eigenvalue weighted by atomic mass is 10.0. The number of carboxylic acids is 1. The summed E-state index contributed by atoms with van der Waals surface area (Å²) in [7, 11) is 0. The number of nitrogens with one attached hydrogen (secondary N) is 1. The first-order valence-electron chi connectivity index (χ1n) is 5.70. The number of aliphatic hydroxyl groups is 1. The second-order valence-electron chi connectivity index (χ2n) is 4.58. The number of aromatic carboxylic acids is 1. The van der Waals surface area contributed by atoms with E-state index in [1.54, 1.807) is 0 Å². The lowest BCUT2D eigenvalue weighted by molar-refractivity contribution is 0.0690. The largest absolute Gasteiger partial charge is 0.477 e. The molecule has 3 rings (SSSR count). The van der Waals surface area contributed by atoms with Gasteiger partial charge in [-0.3, -0.25) is 5.10 Å². The highest BCUT2D eigenvalue weighted by molar-refractivity contribution is 5.86. The SMILES string of the molecule is O=C(O)c1cc(-c2ccc(C3(O)CC3)cc2)n[nH]1. The molecule has 1 aromatic carbocycles. The van der Waals surface area contributed by atoms with Gasteiger partial charge in [-0.1, -0.05) is 24.3 Å². The molecule has 1 heterocycles. The van der Waals surface area contributed by atoms with Gasteiger partial charge in [-0.05, 0) is 24.5 Å². The minimum atomic E-state index is -1.03. The Balaban J connectivity index is 1.89. The zero-order chi connectivity index (χ0) is 12.8. The van der Waals surface area contributed by atoms with Gasteiger partial charge in [-0.2, -0.15) is 5.10 Å². The Hall–Kier alpha value is -2.14. The molecule has 0 amide bonds. The standard InChI is InChI=1S/C13H12N2O3/c16-12(17)11-7-10(14-15-11)8-1-3-9(4-2-8)13(18)5-6-13/h1-4,7,18H,5-6H2,(H,14,15)(H,16,17). The van der Waals surface area contributed by atoms with Crippen LogP contribution in [0.15, 0.2) is 30.3 Å². The van der Waals surface area contributed by atoms with E-state index in [-0.39, 0.29) is 5.69 Å². The third-order valence-electron chi connectivity index (χ3n) is 3.25. The number of aromatic nitrogens is 2. The summed E-state index contributed by atoms with van der Waals surface area (Å²) >= 11 is 0. The average Bonchev–Trinajstić information content (AvgIpc) is 2.95. The van der Waals surface area contributed by atoms with Crippen molar-refractivity contribution in [2.75, 3.05) is 0 Å². The molecule has 18 heavy (non-hydrogen) atoms. The van der Waals surface area contributed by atoms with E-state index in [0.717, 1.165) is 24.0 Å². The van der Waals surface area contributed by atoms with E-state index in [2.05, 4.69) is 10.2 Å². The molecule has 0 unspecified atom stereocenters. The van der Waals surface area contributed by atoms with Gasteiger partial charge >= 0.3 is 5.97 Å². The molecule has 1 aliphatic carbocycles. The lowest BCUT2D eigenvalue weighted by Gasteiger charge is -2.07. The highest BCUT2D eigenvalue weighted by Gasteiger charge is 2.41. The molecule has 0 bridgehead atoms. The van der Waals surface area contributed by atoms with Crippen molar-refractivity contribution >= 4 is 5.97 Å². The zero-order valence-electron chi connectivity index (χ0n) is 9.55. The van der Waals surface area contributed by atoms with Gasteiger partial charge in [0, 0.05) is 5.56 Å².